The van der Waals surface area contributed by atoms with Crippen LogP contribution in [0.15, 0.2) is 78.6 Å². The first kappa shape index (κ1) is 22.3. The van der Waals surface area contributed by atoms with E-state index in [0.717, 1.165) is 5.52 Å². The Balaban J connectivity index is 1.61. The number of fused-ring (bicyclic) bond motifs is 1. The van der Waals surface area contributed by atoms with Gasteiger partial charge in [0.15, 0.2) is 0 Å². The van der Waals surface area contributed by atoms with E-state index >= 15 is 0 Å². The Kier molecular flexibility index (Phi) is 5.78. The summed E-state index contributed by atoms with van der Waals surface area (Å²) in [4.78, 5) is 39.6. The molecule has 0 saturated carbocycles. The average Bonchev–Trinajstić information content (AvgIpc) is 3.41. The summed E-state index contributed by atoms with van der Waals surface area (Å²) in [5, 5.41) is 11.2. The zero-order chi connectivity index (χ0) is 24.5. The fourth-order valence-corrected chi connectivity index (χ4v) is 4.08. The number of anilines is 1. The van der Waals surface area contributed by atoms with E-state index in [9.17, 15) is 14.7 Å². The van der Waals surface area contributed by atoms with Gasteiger partial charge in [0, 0.05) is 18.0 Å². The Hall–Kier alpha value is -4.46. The van der Waals surface area contributed by atoms with Crippen molar-refractivity contribution in [3.05, 3.63) is 89.8 Å². The molecule has 1 saturated heterocycles. The molecule has 176 valence electrons. The molecule has 0 spiro atoms. The van der Waals surface area contributed by atoms with Gasteiger partial charge in [-0.05, 0) is 53.9 Å². The summed E-state index contributed by atoms with van der Waals surface area (Å²) in [6.07, 6.45) is 3.18. The molecule has 1 aliphatic rings. The van der Waals surface area contributed by atoms with Gasteiger partial charge in [0.1, 0.15) is 11.5 Å². The van der Waals surface area contributed by atoms with E-state index in [1.54, 1.807) is 48.8 Å². The van der Waals surface area contributed by atoms with E-state index in [4.69, 9.17) is 4.74 Å². The van der Waals surface area contributed by atoms with Gasteiger partial charge in [-0.1, -0.05) is 32.0 Å². The zero-order valence-corrected chi connectivity index (χ0v) is 19.3. The van der Waals surface area contributed by atoms with Crippen LogP contribution in [-0.2, 0) is 9.59 Å². The molecule has 8 heteroatoms. The third-order valence-electron chi connectivity index (χ3n) is 5.76. The average molecular weight is 469 g/mol. The third kappa shape index (κ3) is 4.14. The van der Waals surface area contributed by atoms with E-state index in [1.165, 1.54) is 4.90 Å². The van der Waals surface area contributed by atoms with Gasteiger partial charge in [0.2, 0.25) is 5.95 Å². The highest BCUT2D eigenvalue weighted by atomic mass is 16.5. The summed E-state index contributed by atoms with van der Waals surface area (Å²) in [5.41, 5.74) is 2.33. The minimum Gasteiger partial charge on any atom is -0.507 e. The van der Waals surface area contributed by atoms with Gasteiger partial charge in [-0.3, -0.25) is 19.5 Å². The number of imidazole rings is 1. The maximum Gasteiger partial charge on any atom is 0.302 e. The first-order valence-corrected chi connectivity index (χ1v) is 11.3. The number of benzene rings is 2. The number of aromatic amines is 1. The zero-order valence-electron chi connectivity index (χ0n) is 19.3. The molecule has 2 aromatic heterocycles. The van der Waals surface area contributed by atoms with E-state index in [-0.39, 0.29) is 17.3 Å². The van der Waals surface area contributed by atoms with Gasteiger partial charge in [-0.15, -0.1) is 0 Å². The number of carbonyl (C=O) groups excluding carboxylic acids is 2. The van der Waals surface area contributed by atoms with Gasteiger partial charge >= 0.3 is 5.91 Å². The van der Waals surface area contributed by atoms with E-state index in [2.05, 4.69) is 28.8 Å². The van der Waals surface area contributed by atoms with Crippen molar-refractivity contribution in [3.63, 3.8) is 0 Å². The number of pyridine rings is 1. The largest absolute Gasteiger partial charge is 0.507 e. The molecule has 8 nitrogen and oxygen atoms in total. The summed E-state index contributed by atoms with van der Waals surface area (Å²) in [7, 11) is 0. The fourth-order valence-electron chi connectivity index (χ4n) is 4.08. The number of para-hydroxylation sites is 2. The van der Waals surface area contributed by atoms with Crippen LogP contribution in [0.25, 0.3) is 16.8 Å². The number of nitrogens with one attached hydrogen (secondary N) is 1. The molecule has 1 unspecified atom stereocenters. The molecule has 0 bridgehead atoms. The van der Waals surface area contributed by atoms with Crippen molar-refractivity contribution in [3.8, 4) is 5.75 Å². The quantitative estimate of drug-likeness (QED) is 0.243. The molecule has 0 radical (unpaired) electrons. The number of nitrogens with zero attached hydrogens (tertiary/aromatic N) is 3. The van der Waals surface area contributed by atoms with Crippen molar-refractivity contribution in [1.29, 1.82) is 0 Å². The standard InChI is InChI=1S/C27H24N4O4/c1-16(2)15-35-19-11-9-17(10-12-19)24(32)22-23(18-6-5-13-28-14-18)31(26(34)25(22)33)27-29-20-7-3-4-8-21(20)30-27/h3-14,16,23,32H,15H2,1-2H3,(H,29,30)/b24-22+. The Morgan fingerprint density at radius 1 is 1.09 bits per heavy atom. The number of ether oxygens (including phenoxy) is 1. The minimum absolute atomic E-state index is 0.0284. The summed E-state index contributed by atoms with van der Waals surface area (Å²) in [6.45, 7) is 4.67. The number of aromatic nitrogens is 3. The lowest BCUT2D eigenvalue weighted by atomic mass is 9.96. The molecule has 35 heavy (non-hydrogen) atoms. The van der Waals surface area contributed by atoms with Crippen molar-refractivity contribution >= 4 is 34.4 Å². The van der Waals surface area contributed by atoms with Crippen molar-refractivity contribution in [2.75, 3.05) is 11.5 Å². The number of H-pyrrole nitrogens is 1. The lowest BCUT2D eigenvalue weighted by molar-refractivity contribution is -0.132. The van der Waals surface area contributed by atoms with Crippen molar-refractivity contribution in [2.45, 2.75) is 19.9 Å². The molecular weight excluding hydrogens is 444 g/mol. The predicted octanol–water partition coefficient (Wildman–Crippen LogP) is 4.62. The second-order valence-electron chi connectivity index (χ2n) is 8.76. The van der Waals surface area contributed by atoms with Gasteiger partial charge in [-0.25, -0.2) is 4.98 Å². The highest BCUT2D eigenvalue weighted by Gasteiger charge is 2.48. The van der Waals surface area contributed by atoms with Crippen molar-refractivity contribution in [2.24, 2.45) is 5.92 Å². The lowest BCUT2D eigenvalue weighted by Gasteiger charge is -2.22. The van der Waals surface area contributed by atoms with E-state index < -0.39 is 17.7 Å². The molecule has 1 atom stereocenters. The van der Waals surface area contributed by atoms with Crippen molar-refractivity contribution in [1.82, 2.24) is 15.0 Å². The van der Waals surface area contributed by atoms with Gasteiger partial charge in [-0.2, -0.15) is 0 Å². The number of amides is 1. The molecule has 0 aliphatic carbocycles. The number of aliphatic hydroxyl groups is 1. The van der Waals surface area contributed by atoms with Crippen molar-refractivity contribution < 1.29 is 19.4 Å². The maximum absolute atomic E-state index is 13.3. The number of Topliss-reactive ketones (excluding diaryl/α,β-unsaturated/α-hetero) is 1. The number of carbonyl (C=O) groups is 2. The van der Waals surface area contributed by atoms with Gasteiger partial charge < -0.3 is 14.8 Å². The second-order valence-corrected chi connectivity index (χ2v) is 8.76. The molecule has 2 aromatic carbocycles. The normalized spacial score (nSPS) is 17.5. The molecule has 3 heterocycles. The van der Waals surface area contributed by atoms with Gasteiger partial charge in [0.25, 0.3) is 5.78 Å². The van der Waals surface area contributed by atoms with Crippen LogP contribution in [0, 0.1) is 5.92 Å². The van der Waals surface area contributed by atoms with Crippen LogP contribution in [0.4, 0.5) is 5.95 Å². The van der Waals surface area contributed by atoms with Crippen LogP contribution in [0.2, 0.25) is 0 Å². The predicted molar refractivity (Wildman–Crippen MR) is 132 cm³/mol. The minimum atomic E-state index is -0.902. The molecule has 4 aromatic rings. The van der Waals surface area contributed by atoms with Gasteiger partial charge in [0.05, 0.1) is 29.3 Å². The smallest absolute Gasteiger partial charge is 0.302 e. The first-order valence-electron chi connectivity index (χ1n) is 11.3. The number of hydrogen-bond donors (Lipinski definition) is 2. The summed E-state index contributed by atoms with van der Waals surface area (Å²) in [5.74, 6) is -0.600. The maximum atomic E-state index is 13.3. The number of ketones is 1. The SMILES string of the molecule is CC(C)COc1ccc(/C(O)=C2\C(=O)C(=O)N(c3nc4ccccc4[nH]3)C2c2cccnc2)cc1. The van der Waals surface area contributed by atoms with Crippen LogP contribution in [0.3, 0.4) is 0 Å². The number of hydrogen-bond acceptors (Lipinski definition) is 6. The lowest BCUT2D eigenvalue weighted by Crippen LogP contribution is -2.30. The van der Waals surface area contributed by atoms with Crippen LogP contribution in [0.5, 0.6) is 5.75 Å². The highest BCUT2D eigenvalue weighted by Crippen LogP contribution is 2.41. The highest BCUT2D eigenvalue weighted by molar-refractivity contribution is 6.51. The summed E-state index contributed by atoms with van der Waals surface area (Å²) >= 11 is 0. The molecule has 1 fully saturated rings. The third-order valence-corrected chi connectivity index (χ3v) is 5.76. The number of aliphatic hydroxyl groups excluding tert-OH is 1. The molecule has 5 rings (SSSR count). The molecular formula is C27H24N4O4. The Morgan fingerprint density at radius 3 is 2.54 bits per heavy atom. The Bertz CT molecular complexity index is 1390. The Morgan fingerprint density at radius 2 is 1.86 bits per heavy atom. The fraction of sp³-hybridized carbons (Fsp3) is 0.185. The van der Waals surface area contributed by atoms with Crippen LogP contribution in [0.1, 0.15) is 31.0 Å². The summed E-state index contributed by atoms with van der Waals surface area (Å²) < 4.78 is 5.71. The monoisotopic (exact) mass is 468 g/mol. The van der Waals surface area contributed by atoms with Crippen LogP contribution >= 0.6 is 0 Å². The summed E-state index contributed by atoms with van der Waals surface area (Å²) in [6, 6.07) is 16.7. The second kappa shape index (κ2) is 9.06. The van der Waals surface area contributed by atoms with Crippen LogP contribution < -0.4 is 9.64 Å². The Labute approximate surface area is 201 Å². The number of rotatable bonds is 6. The van der Waals surface area contributed by atoms with E-state index in [0.29, 0.717) is 34.9 Å². The van der Waals surface area contributed by atoms with Crippen LogP contribution in [-0.4, -0.2) is 38.4 Å². The first-order chi connectivity index (χ1) is 16.9. The molecule has 1 aliphatic heterocycles. The van der Waals surface area contributed by atoms with E-state index in [1.807, 2.05) is 24.3 Å². The molecule has 1 amide bonds. The molecule has 2 N–H and O–H groups in total. The topological polar surface area (TPSA) is 108 Å².